The fraction of sp³-hybridized carbons (Fsp3) is 0.0256. The van der Waals surface area contributed by atoms with Gasteiger partial charge >= 0.3 is 0 Å². The first kappa shape index (κ1) is 25.0. The zero-order valence-electron chi connectivity index (χ0n) is 23.4. The summed E-state index contributed by atoms with van der Waals surface area (Å²) in [5, 5.41) is 0. The fourth-order valence-corrected chi connectivity index (χ4v) is 5.90. The van der Waals surface area contributed by atoms with Gasteiger partial charge in [0.15, 0.2) is 17.5 Å². The number of rotatable bonds is 5. The summed E-state index contributed by atoms with van der Waals surface area (Å²) in [7, 11) is 0. The van der Waals surface area contributed by atoms with Gasteiger partial charge in [0.05, 0.1) is 0 Å². The summed E-state index contributed by atoms with van der Waals surface area (Å²) in [4.78, 5) is 19.2. The van der Waals surface area contributed by atoms with Crippen molar-refractivity contribution >= 4 is 0 Å². The molecule has 0 N–H and O–H groups in total. The minimum Gasteiger partial charge on any atom is -0.263 e. The second-order valence-corrected chi connectivity index (χ2v) is 10.7. The minimum absolute atomic E-state index is 0.650. The Bertz CT molecular complexity index is 2030. The van der Waals surface area contributed by atoms with Crippen molar-refractivity contribution in [3.05, 3.63) is 157 Å². The summed E-state index contributed by atoms with van der Waals surface area (Å²) in [6.45, 7) is 0. The lowest BCUT2D eigenvalue weighted by atomic mass is 9.96. The van der Waals surface area contributed by atoms with Crippen LogP contribution in [0.2, 0.25) is 0 Å². The van der Waals surface area contributed by atoms with Crippen molar-refractivity contribution in [1.29, 1.82) is 0 Å². The molecule has 0 radical (unpaired) electrons. The highest BCUT2D eigenvalue weighted by Gasteiger charge is 2.21. The van der Waals surface area contributed by atoms with E-state index in [1.807, 2.05) is 73.1 Å². The molecule has 8 rings (SSSR count). The Morgan fingerprint density at radius 1 is 0.372 bits per heavy atom. The van der Waals surface area contributed by atoms with Gasteiger partial charge in [0.25, 0.3) is 0 Å². The largest absolute Gasteiger partial charge is 0.263 e. The maximum atomic E-state index is 4.91. The molecule has 4 heteroatoms. The standard InChI is InChI=1S/C39H26N4/c1-3-10-28(11-4-1)37-41-38(29-12-5-2-6-13-29)43-39(42-37)32-16-9-15-30(22-32)26-18-20-27(21-19-26)35-24-40-25-36-33-17-8-7-14-31(33)23-34(35)36/h1-22,24-25H,23H2. The van der Waals surface area contributed by atoms with E-state index < -0.39 is 0 Å². The van der Waals surface area contributed by atoms with Crippen LogP contribution in [0, 0.1) is 0 Å². The first-order valence-electron chi connectivity index (χ1n) is 14.4. The molecule has 5 aromatic carbocycles. The third-order valence-corrected chi connectivity index (χ3v) is 8.08. The number of fused-ring (bicyclic) bond motifs is 3. The molecule has 7 aromatic rings. The monoisotopic (exact) mass is 550 g/mol. The molecule has 0 saturated carbocycles. The zero-order chi connectivity index (χ0) is 28.6. The van der Waals surface area contributed by atoms with Gasteiger partial charge in [-0.25, -0.2) is 15.0 Å². The fourth-order valence-electron chi connectivity index (χ4n) is 5.90. The Labute approximate surface area is 250 Å². The molecule has 2 aromatic heterocycles. The van der Waals surface area contributed by atoms with Gasteiger partial charge in [-0.2, -0.15) is 0 Å². The number of pyridine rings is 1. The quantitative estimate of drug-likeness (QED) is 0.214. The van der Waals surface area contributed by atoms with Crippen molar-refractivity contribution in [3.8, 4) is 67.5 Å². The molecule has 1 aliphatic carbocycles. The van der Waals surface area contributed by atoms with Gasteiger partial charge in [-0.3, -0.25) is 4.98 Å². The zero-order valence-corrected chi connectivity index (χ0v) is 23.4. The summed E-state index contributed by atoms with van der Waals surface area (Å²) < 4.78 is 0. The third-order valence-electron chi connectivity index (χ3n) is 8.08. The van der Waals surface area contributed by atoms with Gasteiger partial charge in [0, 0.05) is 40.2 Å². The van der Waals surface area contributed by atoms with Gasteiger partial charge in [0.1, 0.15) is 0 Å². The molecule has 0 amide bonds. The summed E-state index contributed by atoms with van der Waals surface area (Å²) in [5.41, 5.74) is 12.7. The van der Waals surface area contributed by atoms with E-state index >= 15 is 0 Å². The maximum Gasteiger partial charge on any atom is 0.164 e. The number of hydrogen-bond donors (Lipinski definition) is 0. The van der Waals surface area contributed by atoms with Gasteiger partial charge in [-0.15, -0.1) is 0 Å². The first-order valence-corrected chi connectivity index (χ1v) is 14.4. The Morgan fingerprint density at radius 2 is 0.907 bits per heavy atom. The molecule has 0 fully saturated rings. The average Bonchev–Trinajstić information content (AvgIpc) is 3.48. The predicted octanol–water partition coefficient (Wildman–Crippen LogP) is 9.17. The Balaban J connectivity index is 1.15. The van der Waals surface area contributed by atoms with E-state index in [4.69, 9.17) is 15.0 Å². The van der Waals surface area contributed by atoms with Crippen molar-refractivity contribution in [2.24, 2.45) is 0 Å². The van der Waals surface area contributed by atoms with Crippen LogP contribution in [0.25, 0.3) is 67.5 Å². The maximum absolute atomic E-state index is 4.91. The smallest absolute Gasteiger partial charge is 0.164 e. The summed E-state index contributed by atoms with van der Waals surface area (Å²) in [6, 6.07) is 46.0. The summed E-state index contributed by atoms with van der Waals surface area (Å²) in [6.07, 6.45) is 4.93. The summed E-state index contributed by atoms with van der Waals surface area (Å²) in [5.74, 6) is 1.97. The number of hydrogen-bond acceptors (Lipinski definition) is 4. The van der Waals surface area contributed by atoms with Gasteiger partial charge < -0.3 is 0 Å². The summed E-state index contributed by atoms with van der Waals surface area (Å²) >= 11 is 0. The second kappa shape index (κ2) is 10.6. The molecule has 2 heterocycles. The van der Waals surface area contributed by atoms with Gasteiger partial charge in [-0.05, 0) is 45.9 Å². The molecule has 0 bridgehead atoms. The molecular formula is C39H26N4. The molecular weight excluding hydrogens is 524 g/mol. The van der Waals surface area contributed by atoms with Crippen LogP contribution in [-0.4, -0.2) is 19.9 Å². The van der Waals surface area contributed by atoms with Crippen molar-refractivity contribution in [1.82, 2.24) is 19.9 Å². The number of aromatic nitrogens is 4. The van der Waals surface area contributed by atoms with E-state index in [2.05, 4.69) is 77.8 Å². The first-order chi connectivity index (χ1) is 21.3. The second-order valence-electron chi connectivity index (χ2n) is 10.7. The van der Waals surface area contributed by atoms with Crippen LogP contribution in [0.4, 0.5) is 0 Å². The minimum atomic E-state index is 0.650. The van der Waals surface area contributed by atoms with Gasteiger partial charge in [-0.1, -0.05) is 127 Å². The normalized spacial score (nSPS) is 11.6. The van der Waals surface area contributed by atoms with Crippen LogP contribution in [0.3, 0.4) is 0 Å². The number of nitrogens with zero attached hydrogens (tertiary/aromatic N) is 4. The van der Waals surface area contributed by atoms with Crippen LogP contribution < -0.4 is 0 Å². The Morgan fingerprint density at radius 3 is 1.60 bits per heavy atom. The topological polar surface area (TPSA) is 51.6 Å². The Hall–Kier alpha value is -5.74. The molecule has 43 heavy (non-hydrogen) atoms. The van der Waals surface area contributed by atoms with Crippen LogP contribution in [0.5, 0.6) is 0 Å². The Kier molecular flexibility index (Phi) is 6.16. The van der Waals surface area contributed by atoms with Crippen molar-refractivity contribution in [2.45, 2.75) is 6.42 Å². The van der Waals surface area contributed by atoms with Crippen LogP contribution >= 0.6 is 0 Å². The van der Waals surface area contributed by atoms with Crippen LogP contribution in [-0.2, 0) is 6.42 Å². The molecule has 0 atom stereocenters. The van der Waals surface area contributed by atoms with Crippen molar-refractivity contribution < 1.29 is 0 Å². The number of benzene rings is 5. The SMILES string of the molecule is c1ccc(-c2nc(-c3ccccc3)nc(-c3cccc(-c4ccc(-c5cncc6c5Cc5ccccc5-6)cc4)c3)n2)cc1. The highest BCUT2D eigenvalue weighted by Crippen LogP contribution is 2.41. The van der Waals surface area contributed by atoms with E-state index in [0.717, 1.165) is 34.2 Å². The van der Waals surface area contributed by atoms with E-state index in [1.165, 1.54) is 33.4 Å². The van der Waals surface area contributed by atoms with E-state index in [-0.39, 0.29) is 0 Å². The lowest BCUT2D eigenvalue weighted by Gasteiger charge is -2.11. The molecule has 0 aliphatic heterocycles. The van der Waals surface area contributed by atoms with Crippen molar-refractivity contribution in [2.75, 3.05) is 0 Å². The molecule has 1 aliphatic rings. The van der Waals surface area contributed by atoms with E-state index in [9.17, 15) is 0 Å². The molecule has 0 unspecified atom stereocenters. The highest BCUT2D eigenvalue weighted by molar-refractivity contribution is 5.84. The molecule has 0 saturated heterocycles. The van der Waals surface area contributed by atoms with E-state index in [0.29, 0.717) is 17.5 Å². The molecule has 0 spiro atoms. The van der Waals surface area contributed by atoms with E-state index in [1.54, 1.807) is 0 Å². The van der Waals surface area contributed by atoms with Gasteiger partial charge in [0.2, 0.25) is 0 Å². The predicted molar refractivity (Wildman–Crippen MR) is 173 cm³/mol. The van der Waals surface area contributed by atoms with Crippen LogP contribution in [0.1, 0.15) is 11.1 Å². The lowest BCUT2D eigenvalue weighted by molar-refractivity contribution is 1.07. The average molecular weight is 551 g/mol. The highest BCUT2D eigenvalue weighted by atomic mass is 15.0. The third kappa shape index (κ3) is 4.69. The van der Waals surface area contributed by atoms with Crippen LogP contribution in [0.15, 0.2) is 146 Å². The molecule has 202 valence electrons. The van der Waals surface area contributed by atoms with Crippen molar-refractivity contribution in [3.63, 3.8) is 0 Å². The molecule has 4 nitrogen and oxygen atoms in total. The lowest BCUT2D eigenvalue weighted by Crippen LogP contribution is -2.00.